The molecule has 0 saturated carbocycles. The van der Waals surface area contributed by atoms with Crippen molar-refractivity contribution in [2.75, 3.05) is 0 Å². The summed E-state index contributed by atoms with van der Waals surface area (Å²) >= 11 is 11.9. The Balaban J connectivity index is 2.67. The van der Waals surface area contributed by atoms with Crippen LogP contribution in [0.5, 0.6) is 0 Å². The molecule has 5 heteroatoms. The lowest BCUT2D eigenvalue weighted by Crippen LogP contribution is -1.93. The quantitative estimate of drug-likeness (QED) is 0.724. The number of aromatic nitrogens is 2. The van der Waals surface area contributed by atoms with E-state index in [4.69, 9.17) is 23.2 Å². The molecule has 0 aliphatic carbocycles. The zero-order chi connectivity index (χ0) is 11.7. The van der Waals surface area contributed by atoms with Gasteiger partial charge in [-0.1, -0.05) is 23.2 Å². The summed E-state index contributed by atoms with van der Waals surface area (Å²) in [6.07, 6.45) is 1.33. The van der Waals surface area contributed by atoms with Crippen LogP contribution >= 0.6 is 23.2 Å². The minimum absolute atomic E-state index is 0.338. The van der Waals surface area contributed by atoms with Gasteiger partial charge in [-0.3, -0.25) is 0 Å². The van der Waals surface area contributed by atoms with Gasteiger partial charge in [0.15, 0.2) is 0 Å². The van der Waals surface area contributed by atoms with Crippen LogP contribution < -0.4 is 0 Å². The van der Waals surface area contributed by atoms with Crippen molar-refractivity contribution >= 4 is 23.2 Å². The van der Waals surface area contributed by atoms with Gasteiger partial charge in [0.1, 0.15) is 17.3 Å². The Hall–Kier alpha value is -1.19. The maximum absolute atomic E-state index is 13.1. The molecule has 2 nitrogen and oxygen atoms in total. The zero-order valence-electron chi connectivity index (χ0n) is 8.34. The molecule has 0 saturated heterocycles. The molecule has 0 atom stereocenters. The predicted molar refractivity (Wildman–Crippen MR) is 62.2 cm³/mol. The van der Waals surface area contributed by atoms with Crippen LogP contribution in [-0.2, 0) is 0 Å². The monoisotopic (exact) mass is 256 g/mol. The number of halogens is 3. The molecule has 0 bridgehead atoms. The summed E-state index contributed by atoms with van der Waals surface area (Å²) in [6.45, 7) is 1.76. The van der Waals surface area contributed by atoms with Crippen LogP contribution in [0.2, 0.25) is 10.2 Å². The Morgan fingerprint density at radius 1 is 1.19 bits per heavy atom. The van der Waals surface area contributed by atoms with E-state index >= 15 is 0 Å². The van der Waals surface area contributed by atoms with Crippen molar-refractivity contribution in [3.8, 4) is 11.3 Å². The number of rotatable bonds is 1. The van der Waals surface area contributed by atoms with E-state index in [0.29, 0.717) is 27.0 Å². The van der Waals surface area contributed by atoms with Crippen molar-refractivity contribution in [2.24, 2.45) is 0 Å². The van der Waals surface area contributed by atoms with Gasteiger partial charge in [-0.05, 0) is 25.1 Å². The molecule has 1 heterocycles. The summed E-state index contributed by atoms with van der Waals surface area (Å²) in [6, 6.07) is 4.11. The summed E-state index contributed by atoms with van der Waals surface area (Å²) < 4.78 is 13.1. The number of benzene rings is 1. The van der Waals surface area contributed by atoms with E-state index in [2.05, 4.69) is 9.97 Å². The number of hydrogen-bond donors (Lipinski definition) is 0. The van der Waals surface area contributed by atoms with Crippen molar-refractivity contribution in [1.82, 2.24) is 9.97 Å². The minimum atomic E-state index is -0.367. The van der Waals surface area contributed by atoms with Crippen LogP contribution in [0, 0.1) is 12.7 Å². The maximum Gasteiger partial charge on any atom is 0.135 e. The lowest BCUT2D eigenvalue weighted by atomic mass is 10.1. The molecule has 0 unspecified atom stereocenters. The van der Waals surface area contributed by atoms with E-state index in [-0.39, 0.29) is 5.82 Å². The number of hydrogen-bond acceptors (Lipinski definition) is 2. The topological polar surface area (TPSA) is 25.8 Å². The first kappa shape index (κ1) is 11.3. The summed E-state index contributed by atoms with van der Waals surface area (Å²) in [4.78, 5) is 7.90. The molecule has 82 valence electrons. The van der Waals surface area contributed by atoms with E-state index in [9.17, 15) is 4.39 Å². The highest BCUT2D eigenvalue weighted by Gasteiger charge is 2.11. The van der Waals surface area contributed by atoms with E-state index < -0.39 is 0 Å². The highest BCUT2D eigenvalue weighted by Crippen LogP contribution is 2.30. The predicted octanol–water partition coefficient (Wildman–Crippen LogP) is 3.90. The summed E-state index contributed by atoms with van der Waals surface area (Å²) in [5.41, 5.74) is 1.74. The van der Waals surface area contributed by atoms with Gasteiger partial charge >= 0.3 is 0 Å². The minimum Gasteiger partial charge on any atom is -0.236 e. The molecule has 2 aromatic rings. The molecule has 0 aliphatic heterocycles. The van der Waals surface area contributed by atoms with Crippen LogP contribution in [0.25, 0.3) is 11.3 Å². The molecular weight excluding hydrogens is 250 g/mol. The average molecular weight is 257 g/mol. The van der Waals surface area contributed by atoms with Gasteiger partial charge < -0.3 is 0 Å². The summed E-state index contributed by atoms with van der Waals surface area (Å²) in [7, 11) is 0. The second kappa shape index (κ2) is 4.36. The molecule has 0 spiro atoms. The van der Waals surface area contributed by atoms with Crippen LogP contribution in [0.4, 0.5) is 4.39 Å². The third kappa shape index (κ3) is 2.01. The molecule has 0 aliphatic rings. The standard InChI is InChI=1S/C11H7Cl2FN2/c1-6-10(15-5-16-11(6)13)8-4-7(14)2-3-9(8)12/h2-5H,1H3. The van der Waals surface area contributed by atoms with Crippen molar-refractivity contribution in [2.45, 2.75) is 6.92 Å². The lowest BCUT2D eigenvalue weighted by molar-refractivity contribution is 0.628. The largest absolute Gasteiger partial charge is 0.236 e. The normalized spacial score (nSPS) is 10.5. The van der Waals surface area contributed by atoms with Crippen LogP contribution in [-0.4, -0.2) is 9.97 Å². The van der Waals surface area contributed by atoms with Gasteiger partial charge in [0.2, 0.25) is 0 Å². The van der Waals surface area contributed by atoms with Crippen molar-refractivity contribution < 1.29 is 4.39 Å². The van der Waals surface area contributed by atoms with Crippen LogP contribution in [0.15, 0.2) is 24.5 Å². The first-order valence-electron chi connectivity index (χ1n) is 4.52. The highest BCUT2D eigenvalue weighted by atomic mass is 35.5. The molecule has 1 aromatic carbocycles. The molecular formula is C11H7Cl2FN2. The summed E-state index contributed by atoms with van der Waals surface area (Å²) in [5, 5.41) is 0.768. The average Bonchev–Trinajstić information content (AvgIpc) is 2.26. The third-order valence-electron chi connectivity index (χ3n) is 2.21. The van der Waals surface area contributed by atoms with Gasteiger partial charge in [-0.15, -0.1) is 0 Å². The highest BCUT2D eigenvalue weighted by molar-refractivity contribution is 6.33. The van der Waals surface area contributed by atoms with Gasteiger partial charge in [0.05, 0.1) is 10.7 Å². The van der Waals surface area contributed by atoms with E-state index in [0.717, 1.165) is 0 Å². The summed E-state index contributed by atoms with van der Waals surface area (Å²) in [5.74, 6) is -0.367. The molecule has 0 fully saturated rings. The smallest absolute Gasteiger partial charge is 0.135 e. The van der Waals surface area contributed by atoms with E-state index in [1.54, 1.807) is 6.92 Å². The Labute approximate surface area is 102 Å². The van der Waals surface area contributed by atoms with Gasteiger partial charge in [-0.25, -0.2) is 14.4 Å². The first-order chi connectivity index (χ1) is 7.59. The maximum atomic E-state index is 13.1. The van der Waals surface area contributed by atoms with Crippen LogP contribution in [0.1, 0.15) is 5.56 Å². The first-order valence-corrected chi connectivity index (χ1v) is 5.27. The molecule has 0 amide bonds. The van der Waals surface area contributed by atoms with Crippen LogP contribution in [0.3, 0.4) is 0 Å². The fourth-order valence-corrected chi connectivity index (χ4v) is 1.72. The zero-order valence-corrected chi connectivity index (χ0v) is 9.85. The van der Waals surface area contributed by atoms with Crippen molar-refractivity contribution in [1.29, 1.82) is 0 Å². The fraction of sp³-hybridized carbons (Fsp3) is 0.0909. The fourth-order valence-electron chi connectivity index (χ4n) is 1.38. The molecule has 1 aromatic heterocycles. The van der Waals surface area contributed by atoms with E-state index in [1.807, 2.05) is 0 Å². The second-order valence-electron chi connectivity index (χ2n) is 3.26. The van der Waals surface area contributed by atoms with Gasteiger partial charge in [0.25, 0.3) is 0 Å². The van der Waals surface area contributed by atoms with Gasteiger partial charge in [-0.2, -0.15) is 0 Å². The van der Waals surface area contributed by atoms with Gasteiger partial charge in [0, 0.05) is 11.1 Å². The van der Waals surface area contributed by atoms with E-state index in [1.165, 1.54) is 24.5 Å². The molecule has 0 radical (unpaired) electrons. The van der Waals surface area contributed by atoms with Crippen molar-refractivity contribution in [3.63, 3.8) is 0 Å². The Morgan fingerprint density at radius 3 is 2.69 bits per heavy atom. The Bertz CT molecular complexity index is 544. The number of nitrogens with zero attached hydrogens (tertiary/aromatic N) is 2. The Morgan fingerprint density at radius 2 is 1.94 bits per heavy atom. The Kier molecular flexibility index (Phi) is 3.08. The molecule has 16 heavy (non-hydrogen) atoms. The molecule has 2 rings (SSSR count). The van der Waals surface area contributed by atoms with Crippen molar-refractivity contribution in [3.05, 3.63) is 46.1 Å². The lowest BCUT2D eigenvalue weighted by Gasteiger charge is -2.07. The molecule has 0 N–H and O–H groups in total. The second-order valence-corrected chi connectivity index (χ2v) is 4.03. The third-order valence-corrected chi connectivity index (χ3v) is 2.92. The SMILES string of the molecule is Cc1c(Cl)ncnc1-c1cc(F)ccc1Cl.